The third-order valence-electron chi connectivity index (χ3n) is 2.05. The molecule has 15 heavy (non-hydrogen) atoms. The first-order valence-electron chi connectivity index (χ1n) is 4.36. The normalized spacial score (nSPS) is 12.7. The molecule has 0 spiro atoms. The van der Waals surface area contributed by atoms with Crippen molar-refractivity contribution < 1.29 is 5.11 Å². The Bertz CT molecular complexity index is 453. The molecule has 0 aliphatic heterocycles. The number of hydrogen-bond donors (Lipinski definition) is 1. The molecule has 1 N–H and O–H groups in total. The van der Waals surface area contributed by atoms with Crippen molar-refractivity contribution in [3.05, 3.63) is 55.1 Å². The Kier molecular flexibility index (Phi) is 3.61. The van der Waals surface area contributed by atoms with Crippen molar-refractivity contribution in [3.8, 4) is 0 Å². The molecule has 0 aliphatic carbocycles. The van der Waals surface area contributed by atoms with Gasteiger partial charge in [-0.05, 0) is 43.5 Å². The Morgan fingerprint density at radius 3 is 2.33 bits per heavy atom. The first-order chi connectivity index (χ1) is 7.18. The first-order valence-corrected chi connectivity index (χ1v) is 6.76. The summed E-state index contributed by atoms with van der Waals surface area (Å²) in [5.41, 5.74) is 0.910. The molecule has 0 saturated carbocycles. The van der Waals surface area contributed by atoms with Crippen LogP contribution in [0.3, 0.4) is 0 Å². The summed E-state index contributed by atoms with van der Waals surface area (Å²) in [5.74, 6) is 0. The standard InChI is InChI=1S/C11H8Br2OS/c12-8-6-9(13)15-11(8)10(14)7-4-2-1-3-5-7/h1-6,10,14H. The van der Waals surface area contributed by atoms with Gasteiger partial charge in [0.1, 0.15) is 6.10 Å². The molecule has 0 radical (unpaired) electrons. The lowest BCUT2D eigenvalue weighted by atomic mass is 10.1. The van der Waals surface area contributed by atoms with E-state index >= 15 is 0 Å². The Balaban J connectivity index is 2.36. The highest BCUT2D eigenvalue weighted by molar-refractivity contribution is 9.11. The number of benzene rings is 1. The van der Waals surface area contributed by atoms with Gasteiger partial charge < -0.3 is 5.11 Å². The summed E-state index contributed by atoms with van der Waals surface area (Å²) >= 11 is 8.37. The van der Waals surface area contributed by atoms with Gasteiger partial charge in [-0.2, -0.15) is 0 Å². The zero-order valence-electron chi connectivity index (χ0n) is 7.65. The van der Waals surface area contributed by atoms with Crippen LogP contribution in [0.15, 0.2) is 44.7 Å². The van der Waals surface area contributed by atoms with Crippen molar-refractivity contribution in [2.24, 2.45) is 0 Å². The van der Waals surface area contributed by atoms with Crippen LogP contribution in [0, 0.1) is 0 Å². The highest BCUT2D eigenvalue weighted by atomic mass is 79.9. The molecule has 0 fully saturated rings. The summed E-state index contributed by atoms with van der Waals surface area (Å²) in [6, 6.07) is 11.6. The lowest BCUT2D eigenvalue weighted by Gasteiger charge is -2.09. The molecule has 0 aliphatic rings. The van der Waals surface area contributed by atoms with Crippen molar-refractivity contribution in [2.75, 3.05) is 0 Å². The van der Waals surface area contributed by atoms with E-state index < -0.39 is 6.10 Å². The van der Waals surface area contributed by atoms with Crippen LogP contribution in [0.5, 0.6) is 0 Å². The van der Waals surface area contributed by atoms with Crippen molar-refractivity contribution in [1.29, 1.82) is 0 Å². The largest absolute Gasteiger partial charge is 0.383 e. The molecule has 1 aromatic carbocycles. The average molecular weight is 348 g/mol. The Hall–Kier alpha value is -0.160. The summed E-state index contributed by atoms with van der Waals surface area (Å²) in [6.07, 6.45) is -0.558. The zero-order chi connectivity index (χ0) is 10.8. The van der Waals surface area contributed by atoms with Gasteiger partial charge in [-0.15, -0.1) is 11.3 Å². The molecule has 2 rings (SSSR count). The second-order valence-corrected chi connectivity index (χ2v) is 6.39. The van der Waals surface area contributed by atoms with Gasteiger partial charge in [-0.1, -0.05) is 30.3 Å². The highest BCUT2D eigenvalue weighted by Gasteiger charge is 2.16. The highest BCUT2D eigenvalue weighted by Crippen LogP contribution is 2.37. The van der Waals surface area contributed by atoms with E-state index in [-0.39, 0.29) is 0 Å². The molecule has 0 saturated heterocycles. The van der Waals surface area contributed by atoms with Gasteiger partial charge in [0.05, 0.1) is 8.66 Å². The molecule has 1 atom stereocenters. The van der Waals surface area contributed by atoms with Crippen LogP contribution in [0.1, 0.15) is 16.5 Å². The minimum atomic E-state index is -0.558. The maximum Gasteiger partial charge on any atom is 0.114 e. The topological polar surface area (TPSA) is 20.2 Å². The molecule has 78 valence electrons. The fraction of sp³-hybridized carbons (Fsp3) is 0.0909. The number of aliphatic hydroxyl groups excluding tert-OH is 1. The van der Waals surface area contributed by atoms with Gasteiger partial charge >= 0.3 is 0 Å². The van der Waals surface area contributed by atoms with E-state index in [1.54, 1.807) is 0 Å². The Morgan fingerprint density at radius 1 is 1.13 bits per heavy atom. The number of hydrogen-bond acceptors (Lipinski definition) is 2. The van der Waals surface area contributed by atoms with Crippen LogP contribution < -0.4 is 0 Å². The predicted molar refractivity (Wildman–Crippen MR) is 70.2 cm³/mol. The third-order valence-corrected chi connectivity index (χ3v) is 4.66. The fourth-order valence-electron chi connectivity index (χ4n) is 1.33. The van der Waals surface area contributed by atoms with E-state index in [0.717, 1.165) is 18.7 Å². The van der Waals surface area contributed by atoms with Gasteiger partial charge in [-0.3, -0.25) is 0 Å². The maximum atomic E-state index is 10.1. The second kappa shape index (κ2) is 4.78. The zero-order valence-corrected chi connectivity index (χ0v) is 11.6. The lowest BCUT2D eigenvalue weighted by Crippen LogP contribution is -1.96. The van der Waals surface area contributed by atoms with E-state index in [0.29, 0.717) is 0 Å². The Morgan fingerprint density at radius 2 is 1.80 bits per heavy atom. The summed E-state index contributed by atoms with van der Waals surface area (Å²) in [7, 11) is 0. The lowest BCUT2D eigenvalue weighted by molar-refractivity contribution is 0.223. The molecule has 1 aromatic heterocycles. The SMILES string of the molecule is OC(c1ccccc1)c1sc(Br)cc1Br. The van der Waals surface area contributed by atoms with Crippen LogP contribution in [-0.2, 0) is 0 Å². The average Bonchev–Trinajstić information content (AvgIpc) is 2.58. The number of halogens is 2. The van der Waals surface area contributed by atoms with E-state index in [9.17, 15) is 5.11 Å². The van der Waals surface area contributed by atoms with E-state index in [1.807, 2.05) is 36.4 Å². The molecule has 1 unspecified atom stereocenters. The number of thiophene rings is 1. The molecule has 0 bridgehead atoms. The maximum absolute atomic E-state index is 10.1. The van der Waals surface area contributed by atoms with E-state index in [2.05, 4.69) is 31.9 Å². The second-order valence-electron chi connectivity index (χ2n) is 3.08. The van der Waals surface area contributed by atoms with Crippen LogP contribution in [0.4, 0.5) is 0 Å². The summed E-state index contributed by atoms with van der Waals surface area (Å²) < 4.78 is 1.95. The van der Waals surface area contributed by atoms with Gasteiger partial charge in [0.15, 0.2) is 0 Å². The van der Waals surface area contributed by atoms with Gasteiger partial charge in [0.25, 0.3) is 0 Å². The van der Waals surface area contributed by atoms with Gasteiger partial charge in [0, 0.05) is 4.47 Å². The summed E-state index contributed by atoms with van der Waals surface area (Å²) in [5, 5.41) is 10.1. The van der Waals surface area contributed by atoms with Crippen molar-refractivity contribution in [2.45, 2.75) is 6.10 Å². The summed E-state index contributed by atoms with van der Waals surface area (Å²) in [4.78, 5) is 0.924. The van der Waals surface area contributed by atoms with E-state index in [4.69, 9.17) is 0 Å². The molecule has 1 heterocycles. The molecule has 0 amide bonds. The van der Waals surface area contributed by atoms with Crippen LogP contribution in [0.25, 0.3) is 0 Å². The number of aliphatic hydroxyl groups is 1. The smallest absolute Gasteiger partial charge is 0.114 e. The van der Waals surface area contributed by atoms with Gasteiger partial charge in [-0.25, -0.2) is 0 Å². The quantitative estimate of drug-likeness (QED) is 0.855. The summed E-state index contributed by atoms with van der Waals surface area (Å²) in [6.45, 7) is 0. The van der Waals surface area contributed by atoms with Crippen molar-refractivity contribution in [1.82, 2.24) is 0 Å². The van der Waals surface area contributed by atoms with Crippen molar-refractivity contribution >= 4 is 43.2 Å². The fourth-order valence-corrected chi connectivity index (χ4v) is 4.02. The van der Waals surface area contributed by atoms with Crippen LogP contribution >= 0.6 is 43.2 Å². The van der Waals surface area contributed by atoms with Crippen LogP contribution in [-0.4, -0.2) is 5.11 Å². The molecule has 2 aromatic rings. The minimum absolute atomic E-state index is 0.558. The van der Waals surface area contributed by atoms with E-state index in [1.165, 1.54) is 11.3 Å². The van der Waals surface area contributed by atoms with Crippen LogP contribution in [0.2, 0.25) is 0 Å². The first kappa shape index (κ1) is 11.3. The predicted octanol–water partition coefficient (Wildman–Crippen LogP) is 4.35. The Labute approximate surface area is 109 Å². The molecular weight excluding hydrogens is 340 g/mol. The van der Waals surface area contributed by atoms with Gasteiger partial charge in [0.2, 0.25) is 0 Å². The third kappa shape index (κ3) is 2.50. The minimum Gasteiger partial charge on any atom is -0.383 e. The molecule has 4 heteroatoms. The monoisotopic (exact) mass is 346 g/mol. The molecular formula is C11H8Br2OS. The number of rotatable bonds is 2. The van der Waals surface area contributed by atoms with Crippen molar-refractivity contribution in [3.63, 3.8) is 0 Å². The molecule has 1 nitrogen and oxygen atoms in total.